The quantitative estimate of drug-likeness (QED) is 0.766. The van der Waals surface area contributed by atoms with Crippen LogP contribution in [-0.4, -0.2) is 23.2 Å². The Morgan fingerprint density at radius 3 is 2.71 bits per heavy atom. The summed E-state index contributed by atoms with van der Waals surface area (Å²) in [6, 6.07) is 5.37. The van der Waals surface area contributed by atoms with E-state index >= 15 is 0 Å². The van der Waals surface area contributed by atoms with Crippen LogP contribution in [0.4, 0.5) is 5.69 Å². The first-order valence-corrected chi connectivity index (χ1v) is 8.93. The third-order valence-electron chi connectivity index (χ3n) is 3.66. The molecule has 0 saturated heterocycles. The monoisotopic (exact) mass is 346 g/mol. The Morgan fingerprint density at radius 2 is 2.08 bits per heavy atom. The molecule has 1 N–H and O–H groups in total. The molecule has 0 bridgehead atoms. The average Bonchev–Trinajstić information content (AvgIpc) is 3.20. The molecule has 24 heavy (non-hydrogen) atoms. The van der Waals surface area contributed by atoms with Crippen molar-refractivity contribution in [2.24, 2.45) is 0 Å². The lowest BCUT2D eigenvalue weighted by Gasteiger charge is -2.11. The Bertz CT molecular complexity index is 944. The number of sulfonamides is 1. The highest BCUT2D eigenvalue weighted by Gasteiger charge is 2.19. The summed E-state index contributed by atoms with van der Waals surface area (Å²) in [5.41, 5.74) is 1.95. The second kappa shape index (κ2) is 6.12. The molecular formula is C16H18N4O3S. The van der Waals surface area contributed by atoms with Gasteiger partial charge >= 0.3 is 0 Å². The molecule has 0 saturated carbocycles. The van der Waals surface area contributed by atoms with Crippen molar-refractivity contribution in [1.82, 2.24) is 14.8 Å². The molecule has 0 amide bonds. The van der Waals surface area contributed by atoms with Crippen LogP contribution in [-0.2, 0) is 10.0 Å². The van der Waals surface area contributed by atoms with E-state index < -0.39 is 10.0 Å². The maximum absolute atomic E-state index is 12.6. The van der Waals surface area contributed by atoms with Crippen LogP contribution in [0.15, 0.2) is 52.4 Å². The van der Waals surface area contributed by atoms with Crippen LogP contribution in [0.2, 0.25) is 0 Å². The van der Waals surface area contributed by atoms with Crippen LogP contribution in [0.3, 0.4) is 0 Å². The molecule has 0 spiro atoms. The van der Waals surface area contributed by atoms with E-state index in [-0.39, 0.29) is 10.9 Å². The van der Waals surface area contributed by atoms with Gasteiger partial charge in [-0.1, -0.05) is 6.07 Å². The normalized spacial score (nSPS) is 11.8. The minimum absolute atomic E-state index is 0.0871. The number of nitrogens with one attached hydrogen (secondary N) is 1. The molecule has 8 heteroatoms. The summed E-state index contributed by atoms with van der Waals surface area (Å²) < 4.78 is 34.7. The molecule has 1 aromatic carbocycles. The van der Waals surface area contributed by atoms with E-state index in [0.29, 0.717) is 11.6 Å². The summed E-state index contributed by atoms with van der Waals surface area (Å²) in [6.07, 6.45) is 5.88. The van der Waals surface area contributed by atoms with E-state index in [1.807, 2.05) is 26.8 Å². The Labute approximate surface area is 140 Å². The Balaban J connectivity index is 1.94. The molecule has 3 rings (SSSR count). The lowest BCUT2D eigenvalue weighted by atomic mass is 10.1. The van der Waals surface area contributed by atoms with E-state index in [0.717, 1.165) is 11.1 Å². The molecule has 0 aliphatic heterocycles. The van der Waals surface area contributed by atoms with Crippen LogP contribution in [0.1, 0.15) is 25.5 Å². The van der Waals surface area contributed by atoms with Crippen LogP contribution in [0.5, 0.6) is 0 Å². The van der Waals surface area contributed by atoms with E-state index in [9.17, 15) is 8.42 Å². The zero-order valence-electron chi connectivity index (χ0n) is 13.6. The van der Waals surface area contributed by atoms with E-state index in [1.165, 1.54) is 18.7 Å². The van der Waals surface area contributed by atoms with Gasteiger partial charge in [-0.3, -0.25) is 9.40 Å². The first-order valence-electron chi connectivity index (χ1n) is 7.45. The van der Waals surface area contributed by atoms with Crippen molar-refractivity contribution < 1.29 is 12.8 Å². The van der Waals surface area contributed by atoms with Crippen LogP contribution < -0.4 is 4.72 Å². The van der Waals surface area contributed by atoms with Crippen molar-refractivity contribution in [3.05, 3.63) is 48.6 Å². The summed E-state index contributed by atoms with van der Waals surface area (Å²) in [4.78, 5) is 4.23. The van der Waals surface area contributed by atoms with Crippen molar-refractivity contribution in [1.29, 1.82) is 0 Å². The molecule has 2 aromatic heterocycles. The van der Waals surface area contributed by atoms with Gasteiger partial charge in [0, 0.05) is 17.8 Å². The first kappa shape index (κ1) is 16.3. The molecule has 2 heterocycles. The molecule has 0 atom stereocenters. The fourth-order valence-corrected chi connectivity index (χ4v) is 3.34. The second-order valence-electron chi connectivity index (χ2n) is 5.67. The fourth-order valence-electron chi connectivity index (χ4n) is 2.28. The lowest BCUT2D eigenvalue weighted by Crippen LogP contribution is -2.13. The van der Waals surface area contributed by atoms with Crippen LogP contribution >= 0.6 is 0 Å². The highest BCUT2D eigenvalue weighted by molar-refractivity contribution is 7.92. The molecule has 7 nitrogen and oxygen atoms in total. The van der Waals surface area contributed by atoms with Gasteiger partial charge in [-0.2, -0.15) is 5.10 Å². The number of oxazole rings is 1. The van der Waals surface area contributed by atoms with Crippen molar-refractivity contribution in [3.8, 4) is 11.5 Å². The van der Waals surface area contributed by atoms with Crippen molar-refractivity contribution in [2.45, 2.75) is 31.7 Å². The standard InChI is InChI=1S/C16H18N4O3S/c1-11(2)20-10-13(9-18-20)24(21,22)19-15-6-4-5-14(12(15)3)16-17-7-8-23-16/h4-11,19H,1-3H3. The van der Waals surface area contributed by atoms with Gasteiger partial charge in [-0.25, -0.2) is 13.4 Å². The highest BCUT2D eigenvalue weighted by Crippen LogP contribution is 2.28. The molecule has 0 unspecified atom stereocenters. The largest absolute Gasteiger partial charge is 0.445 e. The SMILES string of the molecule is Cc1c(NS(=O)(=O)c2cnn(C(C)C)c2)cccc1-c1ncco1. The molecule has 0 radical (unpaired) electrons. The van der Waals surface area contributed by atoms with Crippen molar-refractivity contribution >= 4 is 15.7 Å². The van der Waals surface area contributed by atoms with Gasteiger partial charge in [-0.05, 0) is 38.5 Å². The number of anilines is 1. The number of rotatable bonds is 5. The van der Waals surface area contributed by atoms with Crippen molar-refractivity contribution in [2.75, 3.05) is 4.72 Å². The van der Waals surface area contributed by atoms with Crippen molar-refractivity contribution in [3.63, 3.8) is 0 Å². The second-order valence-corrected chi connectivity index (χ2v) is 7.35. The fraction of sp³-hybridized carbons (Fsp3) is 0.250. The Morgan fingerprint density at radius 1 is 1.29 bits per heavy atom. The number of aromatic nitrogens is 3. The predicted octanol–water partition coefficient (Wildman–Crippen LogP) is 3.23. The topological polar surface area (TPSA) is 90.0 Å². The highest BCUT2D eigenvalue weighted by atomic mass is 32.2. The van der Waals surface area contributed by atoms with Gasteiger partial charge in [0.15, 0.2) is 0 Å². The minimum Gasteiger partial charge on any atom is -0.445 e. The summed E-state index contributed by atoms with van der Waals surface area (Å²) in [5, 5.41) is 4.08. The van der Waals surface area contributed by atoms with Gasteiger partial charge in [0.1, 0.15) is 11.2 Å². The predicted molar refractivity (Wildman–Crippen MR) is 90.1 cm³/mol. The summed E-state index contributed by atoms with van der Waals surface area (Å²) in [7, 11) is -3.72. The van der Waals surface area contributed by atoms with Gasteiger partial charge in [0.05, 0.1) is 18.1 Å². The third kappa shape index (κ3) is 3.05. The molecule has 0 aliphatic carbocycles. The van der Waals surface area contributed by atoms with E-state index in [4.69, 9.17) is 4.42 Å². The Hall–Kier alpha value is -2.61. The number of nitrogens with zero attached hydrogens (tertiary/aromatic N) is 3. The van der Waals surface area contributed by atoms with Crippen LogP contribution in [0.25, 0.3) is 11.5 Å². The zero-order chi connectivity index (χ0) is 17.3. The zero-order valence-corrected chi connectivity index (χ0v) is 14.4. The smallest absolute Gasteiger partial charge is 0.265 e. The van der Waals surface area contributed by atoms with Gasteiger partial charge in [-0.15, -0.1) is 0 Å². The summed E-state index contributed by atoms with van der Waals surface area (Å²) in [6.45, 7) is 5.68. The Kier molecular flexibility index (Phi) is 4.15. The maximum Gasteiger partial charge on any atom is 0.265 e. The number of hydrogen-bond acceptors (Lipinski definition) is 5. The van der Waals surface area contributed by atoms with Gasteiger partial charge in [0.25, 0.3) is 10.0 Å². The average molecular weight is 346 g/mol. The minimum atomic E-state index is -3.72. The van der Waals surface area contributed by atoms with Gasteiger partial charge in [0.2, 0.25) is 5.89 Å². The summed E-state index contributed by atoms with van der Waals surface area (Å²) >= 11 is 0. The third-order valence-corrected chi connectivity index (χ3v) is 4.98. The molecule has 3 aromatic rings. The molecular weight excluding hydrogens is 328 g/mol. The molecule has 0 fully saturated rings. The van der Waals surface area contributed by atoms with Gasteiger partial charge < -0.3 is 4.42 Å². The number of hydrogen-bond donors (Lipinski definition) is 1. The summed E-state index contributed by atoms with van der Waals surface area (Å²) in [5.74, 6) is 0.446. The first-order chi connectivity index (χ1) is 11.4. The van der Waals surface area contributed by atoms with E-state index in [2.05, 4.69) is 14.8 Å². The number of benzene rings is 1. The van der Waals surface area contributed by atoms with Crippen LogP contribution in [0, 0.1) is 6.92 Å². The van der Waals surface area contributed by atoms with E-state index in [1.54, 1.807) is 23.0 Å². The lowest BCUT2D eigenvalue weighted by molar-refractivity contribution is 0.531. The molecule has 0 aliphatic rings. The molecule has 126 valence electrons. The maximum atomic E-state index is 12.6.